The van der Waals surface area contributed by atoms with Crippen molar-refractivity contribution in [3.63, 3.8) is 0 Å². The van der Waals surface area contributed by atoms with Crippen molar-refractivity contribution >= 4 is 28.7 Å². The van der Waals surface area contributed by atoms with Crippen molar-refractivity contribution in [2.45, 2.75) is 71.4 Å². The largest absolute Gasteiger partial charge is 0.476 e. The first-order valence-corrected chi connectivity index (χ1v) is 13.2. The standard InChI is InChI=1S/C28H36N4O6/c1-16(2)23(28(36)38-31-19-10-6-5-7-11-19)25(33)29-21(26-30-24(27(34)35)17(3)37-26)14-18-15-32(4)22-13-9-8-12-20(18)22/h8-9,12-13,15-16,19,21,23,31H,5-7,10-11,14H2,1-4H3,(H,29,33)(H,34,35)/t21-,23+/m1/s1. The predicted molar refractivity (Wildman–Crippen MR) is 140 cm³/mol. The molecular formula is C28H36N4O6. The summed E-state index contributed by atoms with van der Waals surface area (Å²) in [5.41, 5.74) is 4.57. The van der Waals surface area contributed by atoms with Crippen LogP contribution in [0.2, 0.25) is 0 Å². The van der Waals surface area contributed by atoms with Crippen LogP contribution in [-0.2, 0) is 27.9 Å². The Balaban J connectivity index is 1.58. The molecular weight excluding hydrogens is 488 g/mol. The molecule has 38 heavy (non-hydrogen) atoms. The summed E-state index contributed by atoms with van der Waals surface area (Å²) >= 11 is 0. The summed E-state index contributed by atoms with van der Waals surface area (Å²) in [6, 6.07) is 7.14. The number of aromatic nitrogens is 2. The molecule has 10 nitrogen and oxygen atoms in total. The van der Waals surface area contributed by atoms with E-state index >= 15 is 0 Å². The Hall–Kier alpha value is -3.66. The van der Waals surface area contributed by atoms with Crippen molar-refractivity contribution in [3.05, 3.63) is 53.4 Å². The number of carboxylic acids is 1. The highest BCUT2D eigenvalue weighted by atomic mass is 16.7. The van der Waals surface area contributed by atoms with Crippen LogP contribution in [0, 0.1) is 18.8 Å². The first kappa shape index (κ1) is 27.4. The highest BCUT2D eigenvalue weighted by Gasteiger charge is 2.35. The molecule has 3 N–H and O–H groups in total. The fourth-order valence-corrected chi connectivity index (χ4v) is 5.14. The van der Waals surface area contributed by atoms with Crippen molar-refractivity contribution in [3.8, 4) is 0 Å². The molecule has 1 aliphatic carbocycles. The van der Waals surface area contributed by atoms with Crippen LogP contribution in [0.1, 0.15) is 79.7 Å². The van der Waals surface area contributed by atoms with Gasteiger partial charge in [-0.2, -0.15) is 5.48 Å². The smallest absolute Gasteiger partial charge is 0.358 e. The van der Waals surface area contributed by atoms with E-state index in [1.807, 2.05) is 42.1 Å². The molecule has 0 saturated heterocycles. The number of nitrogens with zero attached hydrogens (tertiary/aromatic N) is 2. The van der Waals surface area contributed by atoms with Gasteiger partial charge in [-0.05, 0) is 37.3 Å². The molecule has 204 valence electrons. The van der Waals surface area contributed by atoms with Gasteiger partial charge < -0.3 is 24.2 Å². The molecule has 0 aliphatic heterocycles. The Morgan fingerprint density at radius 1 is 1.18 bits per heavy atom. The van der Waals surface area contributed by atoms with Crippen LogP contribution in [0.4, 0.5) is 0 Å². The summed E-state index contributed by atoms with van der Waals surface area (Å²) in [6.07, 6.45) is 7.42. The van der Waals surface area contributed by atoms with E-state index in [1.165, 1.54) is 13.3 Å². The maximum Gasteiger partial charge on any atom is 0.358 e. The molecule has 0 radical (unpaired) electrons. The van der Waals surface area contributed by atoms with Crippen molar-refractivity contribution < 1.29 is 28.7 Å². The van der Waals surface area contributed by atoms with Crippen LogP contribution in [0.25, 0.3) is 10.9 Å². The van der Waals surface area contributed by atoms with E-state index in [0.29, 0.717) is 0 Å². The zero-order valence-electron chi connectivity index (χ0n) is 22.3. The van der Waals surface area contributed by atoms with Gasteiger partial charge in [0, 0.05) is 36.6 Å². The highest BCUT2D eigenvalue weighted by molar-refractivity contribution is 5.98. The van der Waals surface area contributed by atoms with Gasteiger partial charge in [-0.3, -0.25) is 4.79 Å². The van der Waals surface area contributed by atoms with Crippen molar-refractivity contribution in [1.82, 2.24) is 20.3 Å². The number of carbonyl (C=O) groups is 3. The van der Waals surface area contributed by atoms with Crippen molar-refractivity contribution in [1.29, 1.82) is 0 Å². The number of nitrogens with one attached hydrogen (secondary N) is 2. The Kier molecular flexibility index (Phi) is 8.51. The van der Waals surface area contributed by atoms with Crippen LogP contribution < -0.4 is 10.8 Å². The number of benzene rings is 1. The number of aromatic carboxylic acids is 1. The molecule has 1 aromatic carbocycles. The molecule has 2 heterocycles. The fraction of sp³-hybridized carbons (Fsp3) is 0.500. The number of oxazole rings is 1. The molecule has 0 unspecified atom stereocenters. The summed E-state index contributed by atoms with van der Waals surface area (Å²) in [6.45, 7) is 5.08. The highest BCUT2D eigenvalue weighted by Crippen LogP contribution is 2.28. The number of para-hydroxylation sites is 1. The minimum Gasteiger partial charge on any atom is -0.476 e. The summed E-state index contributed by atoms with van der Waals surface area (Å²) in [4.78, 5) is 47.7. The van der Waals surface area contributed by atoms with E-state index in [4.69, 9.17) is 9.25 Å². The molecule has 2 atom stereocenters. The molecule has 10 heteroatoms. The van der Waals surface area contributed by atoms with Gasteiger partial charge in [0.2, 0.25) is 11.8 Å². The zero-order chi connectivity index (χ0) is 27.4. The summed E-state index contributed by atoms with van der Waals surface area (Å²) in [5, 5.41) is 13.4. The number of hydroxylamine groups is 1. The van der Waals surface area contributed by atoms with E-state index in [2.05, 4.69) is 15.8 Å². The van der Waals surface area contributed by atoms with Crippen molar-refractivity contribution in [2.75, 3.05) is 0 Å². The van der Waals surface area contributed by atoms with Crippen LogP contribution in [-0.4, -0.2) is 38.5 Å². The van der Waals surface area contributed by atoms with E-state index in [1.54, 1.807) is 13.8 Å². The third kappa shape index (κ3) is 6.07. The Morgan fingerprint density at radius 3 is 2.55 bits per heavy atom. The maximum absolute atomic E-state index is 13.5. The number of aryl methyl sites for hydroxylation is 2. The first-order chi connectivity index (χ1) is 18.2. The lowest BCUT2D eigenvalue weighted by molar-refractivity contribution is -0.163. The molecule has 3 aromatic rings. The minimum absolute atomic E-state index is 0.0670. The number of rotatable bonds is 10. The topological polar surface area (TPSA) is 136 Å². The summed E-state index contributed by atoms with van der Waals surface area (Å²) in [7, 11) is 1.93. The van der Waals surface area contributed by atoms with Crippen LogP contribution in [0.3, 0.4) is 0 Å². The van der Waals surface area contributed by atoms with E-state index in [-0.39, 0.29) is 35.7 Å². The van der Waals surface area contributed by atoms with Gasteiger partial charge in [-0.25, -0.2) is 14.6 Å². The number of amides is 1. The molecule has 4 rings (SSSR count). The molecule has 0 spiro atoms. The lowest BCUT2D eigenvalue weighted by atomic mass is 9.94. The van der Waals surface area contributed by atoms with Gasteiger partial charge in [-0.15, -0.1) is 0 Å². The van der Waals surface area contributed by atoms with Crippen molar-refractivity contribution in [2.24, 2.45) is 18.9 Å². The maximum atomic E-state index is 13.5. The predicted octanol–water partition coefficient (Wildman–Crippen LogP) is 4.23. The van der Waals surface area contributed by atoms with Gasteiger partial charge >= 0.3 is 11.9 Å². The van der Waals surface area contributed by atoms with Gasteiger partial charge in [0.15, 0.2) is 5.69 Å². The van der Waals surface area contributed by atoms with E-state index in [9.17, 15) is 19.5 Å². The molecule has 1 saturated carbocycles. The summed E-state index contributed by atoms with van der Waals surface area (Å²) in [5.74, 6) is -3.61. The Morgan fingerprint density at radius 2 is 1.89 bits per heavy atom. The Labute approximate surface area is 221 Å². The van der Waals surface area contributed by atoms with Gasteiger partial charge in [0.25, 0.3) is 0 Å². The molecule has 1 amide bonds. The SMILES string of the molecule is Cc1oc([C@@H](Cc2cn(C)c3ccccc23)NC(=O)[C@@H](C(=O)ONC2CCCCC2)C(C)C)nc1C(=O)O. The van der Waals surface area contributed by atoms with E-state index < -0.39 is 29.8 Å². The lowest BCUT2D eigenvalue weighted by Gasteiger charge is -2.25. The first-order valence-electron chi connectivity index (χ1n) is 13.2. The second kappa shape index (κ2) is 11.8. The van der Waals surface area contributed by atoms with Crippen LogP contribution in [0.5, 0.6) is 0 Å². The average molecular weight is 525 g/mol. The number of carboxylic acid groups (broad SMARTS) is 1. The van der Waals surface area contributed by atoms with Crippen LogP contribution >= 0.6 is 0 Å². The van der Waals surface area contributed by atoms with E-state index in [0.717, 1.165) is 42.1 Å². The minimum atomic E-state index is -1.22. The normalized spacial score (nSPS) is 15.9. The molecule has 1 fully saturated rings. The third-order valence-electron chi connectivity index (χ3n) is 7.17. The average Bonchev–Trinajstić information content (AvgIpc) is 3.43. The number of carbonyl (C=O) groups excluding carboxylic acids is 2. The molecule has 1 aliphatic rings. The molecule has 2 aromatic heterocycles. The number of hydrogen-bond acceptors (Lipinski definition) is 7. The van der Waals surface area contributed by atoms with Gasteiger partial charge in [-0.1, -0.05) is 51.3 Å². The van der Waals surface area contributed by atoms with Gasteiger partial charge in [0.1, 0.15) is 17.7 Å². The third-order valence-corrected chi connectivity index (χ3v) is 7.17. The monoisotopic (exact) mass is 524 g/mol. The second-order valence-corrected chi connectivity index (χ2v) is 10.4. The van der Waals surface area contributed by atoms with Crippen LogP contribution in [0.15, 0.2) is 34.9 Å². The zero-order valence-corrected chi connectivity index (χ0v) is 22.3. The summed E-state index contributed by atoms with van der Waals surface area (Å²) < 4.78 is 7.70. The second-order valence-electron chi connectivity index (χ2n) is 10.4. The lowest BCUT2D eigenvalue weighted by Crippen LogP contribution is -2.44. The molecule has 0 bridgehead atoms. The Bertz CT molecular complexity index is 1300. The fourth-order valence-electron chi connectivity index (χ4n) is 5.14. The number of fused-ring (bicyclic) bond motifs is 1. The van der Waals surface area contributed by atoms with Gasteiger partial charge in [0.05, 0.1) is 0 Å². The quantitative estimate of drug-likeness (QED) is 0.265. The number of hydrogen-bond donors (Lipinski definition) is 3.